The van der Waals surface area contributed by atoms with Gasteiger partial charge in [-0.1, -0.05) is 0 Å². The van der Waals surface area contributed by atoms with E-state index in [-0.39, 0.29) is 21.6 Å². The van der Waals surface area contributed by atoms with Crippen LogP contribution in [-0.2, 0) is 3.07 Å². The predicted molar refractivity (Wildman–Crippen MR) is 33.1 cm³/mol. The quantitative estimate of drug-likeness (QED) is 0.539. The average Bonchev–Trinajstić information content (AvgIpc) is 2.34. The van der Waals surface area contributed by atoms with Crippen LogP contribution < -0.4 is 21.6 Å². The first-order valence-corrected chi connectivity index (χ1v) is 4.83. The molecule has 0 spiro atoms. The van der Waals surface area contributed by atoms with E-state index in [4.69, 9.17) is 8.48 Å². The summed E-state index contributed by atoms with van der Waals surface area (Å²) in [4.78, 5) is 0. The van der Waals surface area contributed by atoms with E-state index in [2.05, 4.69) is 0 Å². The van der Waals surface area contributed by atoms with E-state index in [1.165, 1.54) is 3.57 Å². The van der Waals surface area contributed by atoms with Crippen LogP contribution in [0.3, 0.4) is 0 Å². The molecule has 1 aliphatic heterocycles. The number of nitrogens with one attached hydrogen (secondary N) is 1. The van der Waals surface area contributed by atoms with Gasteiger partial charge in [-0.05, 0) is 0 Å². The second kappa shape index (κ2) is 2.23. The molecule has 0 aliphatic carbocycles. The number of fused-ring (bicyclic) bond motifs is 1. The Bertz CT molecular complexity index is 285. The van der Waals surface area contributed by atoms with Crippen molar-refractivity contribution in [3.05, 3.63) is 33.4 Å². The Kier molecular flexibility index (Phi) is 1.37. The molecule has 3 heteroatoms. The maximum absolute atomic E-state index is 7.34. The molecule has 10 heavy (non-hydrogen) atoms. The Hall–Kier alpha value is -0.580. The summed E-state index contributed by atoms with van der Waals surface area (Å²) in [5, 5.41) is 7.34. The normalized spacial score (nSPS) is 15.4. The van der Waals surface area contributed by atoms with Crippen molar-refractivity contribution in [3.63, 3.8) is 0 Å². The fourth-order valence-corrected chi connectivity index (χ4v) is 2.55. The first-order chi connectivity index (χ1) is 4.88. The molecular formula is C7H5INO-. The molecule has 52 valence electrons. The molecule has 2 rings (SSSR count). The fraction of sp³-hybridized carbons (Fsp3) is 0. The molecule has 0 saturated carbocycles. The third-order valence-electron chi connectivity index (χ3n) is 1.32. The van der Waals surface area contributed by atoms with Crippen molar-refractivity contribution in [2.45, 2.75) is 0 Å². The van der Waals surface area contributed by atoms with Crippen LogP contribution in [0.2, 0.25) is 0 Å². The zero-order valence-electron chi connectivity index (χ0n) is 5.10. The molecule has 0 unspecified atom stereocenters. The molecule has 0 fully saturated rings. The third-order valence-corrected chi connectivity index (χ3v) is 3.39. The number of rotatable bonds is 0. The van der Waals surface area contributed by atoms with Gasteiger partial charge in [-0.3, -0.25) is 0 Å². The van der Waals surface area contributed by atoms with E-state index in [0.29, 0.717) is 5.90 Å². The molecule has 1 aromatic rings. The van der Waals surface area contributed by atoms with E-state index in [9.17, 15) is 0 Å². The van der Waals surface area contributed by atoms with Crippen LogP contribution >= 0.6 is 0 Å². The van der Waals surface area contributed by atoms with Gasteiger partial charge in [0, 0.05) is 0 Å². The summed E-state index contributed by atoms with van der Waals surface area (Å²) in [6.07, 6.45) is 0. The van der Waals surface area contributed by atoms with E-state index >= 15 is 0 Å². The van der Waals surface area contributed by atoms with Crippen molar-refractivity contribution >= 4 is 5.90 Å². The molecule has 1 aromatic carbocycles. The SMILES string of the molecule is N=C1O[I-]c2ccccc21. The predicted octanol–water partition coefficient (Wildman–Crippen LogP) is -1.78. The summed E-state index contributed by atoms with van der Waals surface area (Å²) in [5.74, 6) is 0.350. The molecule has 1 heterocycles. The summed E-state index contributed by atoms with van der Waals surface area (Å²) < 4.78 is 6.34. The van der Waals surface area contributed by atoms with E-state index in [1.807, 2.05) is 24.3 Å². The molecule has 1 aliphatic rings. The first-order valence-electron chi connectivity index (χ1n) is 2.87. The van der Waals surface area contributed by atoms with Gasteiger partial charge >= 0.3 is 69.4 Å². The van der Waals surface area contributed by atoms with Gasteiger partial charge in [0.15, 0.2) is 0 Å². The molecule has 2 nitrogen and oxygen atoms in total. The fourth-order valence-electron chi connectivity index (χ4n) is 0.834. The molecule has 0 radical (unpaired) electrons. The van der Waals surface area contributed by atoms with Crippen LogP contribution in [0, 0.1) is 8.98 Å². The molecule has 0 bridgehead atoms. The summed E-state index contributed by atoms with van der Waals surface area (Å²) in [6.45, 7) is 0. The van der Waals surface area contributed by atoms with E-state index in [0.717, 1.165) is 5.56 Å². The number of halogens is 1. The first kappa shape index (κ1) is 6.15. The third kappa shape index (κ3) is 0.811. The minimum atomic E-state index is -0.342. The topological polar surface area (TPSA) is 33.1 Å². The van der Waals surface area contributed by atoms with Gasteiger partial charge in [-0.2, -0.15) is 0 Å². The summed E-state index contributed by atoms with van der Waals surface area (Å²) >= 11 is -0.342. The maximum atomic E-state index is 7.34. The van der Waals surface area contributed by atoms with Gasteiger partial charge in [0.1, 0.15) is 0 Å². The Balaban J connectivity index is 2.61. The van der Waals surface area contributed by atoms with Gasteiger partial charge in [-0.15, -0.1) is 0 Å². The van der Waals surface area contributed by atoms with Gasteiger partial charge in [0.25, 0.3) is 0 Å². The summed E-state index contributed by atoms with van der Waals surface area (Å²) in [7, 11) is 0. The average molecular weight is 246 g/mol. The Morgan fingerprint density at radius 1 is 1.30 bits per heavy atom. The minimum absolute atomic E-state index is 0.342. The standard InChI is InChI=1S/C7H5INO/c9-7-5-3-1-2-4-6(5)8-10-7/h1-4,9H/q-1. The van der Waals surface area contributed by atoms with Crippen molar-refractivity contribution in [3.8, 4) is 0 Å². The van der Waals surface area contributed by atoms with Crippen molar-refractivity contribution in [2.75, 3.05) is 0 Å². The van der Waals surface area contributed by atoms with Crippen LogP contribution in [0.15, 0.2) is 24.3 Å². The van der Waals surface area contributed by atoms with Crippen LogP contribution in [0.1, 0.15) is 5.56 Å². The van der Waals surface area contributed by atoms with Crippen LogP contribution in [-0.4, -0.2) is 5.90 Å². The number of benzene rings is 1. The number of hydrogen-bond donors (Lipinski definition) is 1. The Labute approximate surface area is 69.5 Å². The molecular weight excluding hydrogens is 241 g/mol. The van der Waals surface area contributed by atoms with Crippen LogP contribution in [0.4, 0.5) is 0 Å². The summed E-state index contributed by atoms with van der Waals surface area (Å²) in [5.41, 5.74) is 0.982. The monoisotopic (exact) mass is 246 g/mol. The van der Waals surface area contributed by atoms with Crippen molar-refractivity contribution in [2.24, 2.45) is 0 Å². The van der Waals surface area contributed by atoms with Crippen molar-refractivity contribution in [1.29, 1.82) is 5.41 Å². The molecule has 0 saturated heterocycles. The van der Waals surface area contributed by atoms with Gasteiger partial charge < -0.3 is 0 Å². The molecule has 0 atom stereocenters. The Morgan fingerprint density at radius 2 is 2.10 bits per heavy atom. The van der Waals surface area contributed by atoms with E-state index < -0.39 is 0 Å². The summed E-state index contributed by atoms with van der Waals surface area (Å²) in [6, 6.07) is 7.89. The molecule has 0 aromatic heterocycles. The van der Waals surface area contributed by atoms with Gasteiger partial charge in [0.05, 0.1) is 0 Å². The second-order valence-corrected chi connectivity index (χ2v) is 4.01. The molecule has 1 N–H and O–H groups in total. The van der Waals surface area contributed by atoms with Gasteiger partial charge in [-0.25, -0.2) is 0 Å². The zero-order valence-corrected chi connectivity index (χ0v) is 7.25. The van der Waals surface area contributed by atoms with E-state index in [1.54, 1.807) is 0 Å². The molecule has 0 amide bonds. The van der Waals surface area contributed by atoms with Crippen molar-refractivity contribution in [1.82, 2.24) is 0 Å². The van der Waals surface area contributed by atoms with Crippen LogP contribution in [0.25, 0.3) is 0 Å². The van der Waals surface area contributed by atoms with Gasteiger partial charge in [0.2, 0.25) is 0 Å². The van der Waals surface area contributed by atoms with Crippen LogP contribution in [0.5, 0.6) is 0 Å². The Morgan fingerprint density at radius 3 is 2.90 bits per heavy atom. The number of hydrogen-bond acceptors (Lipinski definition) is 2. The second-order valence-electron chi connectivity index (χ2n) is 1.96. The zero-order chi connectivity index (χ0) is 6.97. The van der Waals surface area contributed by atoms with Crippen molar-refractivity contribution < 1.29 is 24.7 Å².